The fourth-order valence-electron chi connectivity index (χ4n) is 6.37. The summed E-state index contributed by atoms with van der Waals surface area (Å²) in [5.41, 5.74) is 8.36. The average Bonchev–Trinajstić information content (AvgIpc) is 3.88. The van der Waals surface area contributed by atoms with Crippen molar-refractivity contribution >= 4 is 80.6 Å². The molecular weight excluding hydrogens is 721 g/mol. The number of hydrogen-bond donors (Lipinski definition) is 2. The molecule has 0 spiro atoms. The second-order valence-corrected chi connectivity index (χ2v) is 14.4. The molecule has 2 saturated heterocycles. The van der Waals surface area contributed by atoms with Crippen molar-refractivity contribution in [1.29, 1.82) is 0 Å². The van der Waals surface area contributed by atoms with E-state index >= 15 is 4.39 Å². The monoisotopic (exact) mass is 751 g/mol. The van der Waals surface area contributed by atoms with Crippen molar-refractivity contribution in [2.24, 2.45) is 10.3 Å². The van der Waals surface area contributed by atoms with Gasteiger partial charge in [-0.05, 0) is 36.6 Å². The number of nitrogen functional groups attached to an aromatic ring is 1. The Morgan fingerprint density at radius 2 is 2.10 bits per heavy atom. The van der Waals surface area contributed by atoms with Crippen LogP contribution in [0.1, 0.15) is 29.7 Å². The highest BCUT2D eigenvalue weighted by atomic mass is 35.5. The van der Waals surface area contributed by atoms with Crippen LogP contribution in [0.5, 0.6) is 0 Å². The highest BCUT2D eigenvalue weighted by Gasteiger charge is 2.53. The summed E-state index contributed by atoms with van der Waals surface area (Å²) in [6.07, 6.45) is 7.41. The van der Waals surface area contributed by atoms with Gasteiger partial charge in [-0.15, -0.1) is 23.1 Å². The molecule has 2 fully saturated rings. The van der Waals surface area contributed by atoms with Crippen LogP contribution in [0.25, 0.3) is 11.0 Å². The molecule has 7 rings (SSSR count). The van der Waals surface area contributed by atoms with Crippen LogP contribution in [-0.2, 0) is 32.3 Å². The Bertz CT molecular complexity index is 2120. The number of fused-ring (bicyclic) bond motifs is 2. The van der Waals surface area contributed by atoms with Gasteiger partial charge in [-0.3, -0.25) is 19.5 Å². The van der Waals surface area contributed by atoms with Gasteiger partial charge in [-0.1, -0.05) is 16.8 Å². The zero-order valence-corrected chi connectivity index (χ0v) is 29.5. The molecule has 2 amide bonds. The summed E-state index contributed by atoms with van der Waals surface area (Å²) < 4.78 is 19.1. The number of nitrogens with one attached hydrogen (secondary N) is 1. The van der Waals surface area contributed by atoms with Crippen LogP contribution in [0.2, 0.25) is 5.02 Å². The third kappa shape index (κ3) is 6.75. The molecule has 3 aliphatic rings. The van der Waals surface area contributed by atoms with Gasteiger partial charge in [0.2, 0.25) is 5.52 Å². The van der Waals surface area contributed by atoms with Gasteiger partial charge in [-0.2, -0.15) is 9.67 Å². The average molecular weight is 752 g/mol. The molecule has 51 heavy (non-hydrogen) atoms. The first-order chi connectivity index (χ1) is 24.6. The molecule has 0 bridgehead atoms. The van der Waals surface area contributed by atoms with Gasteiger partial charge in [0.15, 0.2) is 23.6 Å². The van der Waals surface area contributed by atoms with Gasteiger partial charge in [0, 0.05) is 58.7 Å². The molecule has 0 unspecified atom stereocenters. The summed E-state index contributed by atoms with van der Waals surface area (Å²) in [6.45, 7) is 2.06. The molecule has 18 heteroatoms. The van der Waals surface area contributed by atoms with E-state index in [4.69, 9.17) is 22.2 Å². The molecule has 1 aromatic carbocycles. The number of pyridine rings is 1. The van der Waals surface area contributed by atoms with Crippen LogP contribution >= 0.6 is 34.7 Å². The molecule has 3 aromatic heterocycles. The first-order valence-electron chi connectivity index (χ1n) is 15.9. The number of aliphatic carboxylic acids is 1. The van der Waals surface area contributed by atoms with Crippen molar-refractivity contribution in [3.63, 3.8) is 0 Å². The van der Waals surface area contributed by atoms with Gasteiger partial charge in [0.25, 0.3) is 11.8 Å². The largest absolute Gasteiger partial charge is 0.543 e. The molecule has 0 radical (unpaired) electrons. The maximum Gasteiger partial charge on any atom is 0.276 e. The zero-order valence-electron chi connectivity index (χ0n) is 27.1. The van der Waals surface area contributed by atoms with Crippen LogP contribution in [-0.4, -0.2) is 86.5 Å². The molecule has 14 nitrogen and oxygen atoms in total. The summed E-state index contributed by atoms with van der Waals surface area (Å²) in [7, 11) is 1.27. The fraction of sp³-hybridized carbons (Fsp3) is 0.303. The number of halogens is 2. The molecule has 0 aliphatic carbocycles. The Balaban J connectivity index is 1.09. The standard InChI is InChI=1S/C33H31ClFN9O5S2/c1-49-40-26(23-17-51-33(36)38-23)29(45)39-27-30(46)44-28(32(47)48)19(16-50-31(27)44)14-41-7-4-5-24-25(41)6-10-42(24)15-20-21(34)11-18(12-22(20)35)13-37-43-8-2-3-9-43/h4-7,10-13,17,27,31H,2-3,8-9,14-16H2,1H3,(H3-,36,38,39,45,47,48)/b37-13?,40-26-/t27-,31-/m1/s1. The molecule has 3 aliphatic heterocycles. The maximum atomic E-state index is 15.3. The van der Waals surface area contributed by atoms with E-state index in [-0.39, 0.29) is 46.1 Å². The number of nitrogens with two attached hydrogens (primary N) is 1. The molecule has 0 saturated carbocycles. The Hall–Kier alpha value is -5.00. The third-order valence-electron chi connectivity index (χ3n) is 8.81. The van der Waals surface area contributed by atoms with Crippen LogP contribution in [0.3, 0.4) is 0 Å². The van der Waals surface area contributed by atoms with E-state index in [1.54, 1.807) is 18.5 Å². The van der Waals surface area contributed by atoms with E-state index < -0.39 is 35.0 Å². The number of benzene rings is 1. The fourth-order valence-corrected chi connectivity index (χ4v) is 8.53. The Labute approximate surface area is 304 Å². The first-order valence-corrected chi connectivity index (χ1v) is 18.2. The minimum Gasteiger partial charge on any atom is -0.543 e. The summed E-state index contributed by atoms with van der Waals surface area (Å²) in [6, 6.07) is 7.64. The second kappa shape index (κ2) is 14.3. The van der Waals surface area contributed by atoms with E-state index in [0.29, 0.717) is 16.7 Å². The number of thiazole rings is 1. The smallest absolute Gasteiger partial charge is 0.276 e. The number of rotatable bonds is 11. The lowest BCUT2D eigenvalue weighted by molar-refractivity contribution is -0.663. The highest BCUT2D eigenvalue weighted by molar-refractivity contribution is 8.00. The lowest BCUT2D eigenvalue weighted by atomic mass is 10.0. The van der Waals surface area contributed by atoms with Gasteiger partial charge >= 0.3 is 0 Å². The van der Waals surface area contributed by atoms with Crippen LogP contribution in [0, 0.1) is 5.82 Å². The Morgan fingerprint density at radius 3 is 2.80 bits per heavy atom. The first kappa shape index (κ1) is 34.4. The van der Waals surface area contributed by atoms with Crippen molar-refractivity contribution in [2.45, 2.75) is 37.3 Å². The van der Waals surface area contributed by atoms with E-state index in [9.17, 15) is 19.5 Å². The van der Waals surface area contributed by atoms with E-state index in [1.165, 1.54) is 30.3 Å². The van der Waals surface area contributed by atoms with Crippen molar-refractivity contribution in [2.75, 3.05) is 31.7 Å². The van der Waals surface area contributed by atoms with Gasteiger partial charge in [0.05, 0.1) is 24.4 Å². The van der Waals surface area contributed by atoms with E-state index in [1.807, 2.05) is 38.5 Å². The van der Waals surface area contributed by atoms with Gasteiger partial charge in [-0.25, -0.2) is 9.37 Å². The van der Waals surface area contributed by atoms with Crippen LogP contribution in [0.4, 0.5) is 9.52 Å². The number of carboxylic acids is 1. The summed E-state index contributed by atoms with van der Waals surface area (Å²) in [5.74, 6) is -3.02. The quantitative estimate of drug-likeness (QED) is 0.100. The number of anilines is 1. The number of thioether (sulfide) groups is 1. The maximum absolute atomic E-state index is 15.3. The number of carbonyl (C=O) groups excluding carboxylic acids is 3. The Morgan fingerprint density at radius 1 is 1.29 bits per heavy atom. The summed E-state index contributed by atoms with van der Waals surface area (Å²) in [5, 5.41) is 26.6. The second-order valence-electron chi connectivity index (χ2n) is 12.0. The van der Waals surface area contributed by atoms with E-state index in [0.717, 1.165) is 53.2 Å². The predicted octanol–water partition coefficient (Wildman–Crippen LogP) is 1.69. The molecule has 264 valence electrons. The lowest BCUT2D eigenvalue weighted by Gasteiger charge is -2.50. The number of nitrogens with zero attached hydrogens (tertiary/aromatic N) is 7. The van der Waals surface area contributed by atoms with Gasteiger partial charge < -0.3 is 30.4 Å². The Kier molecular flexibility index (Phi) is 9.67. The molecule has 6 heterocycles. The van der Waals surface area contributed by atoms with Crippen molar-refractivity contribution in [3.8, 4) is 0 Å². The predicted molar refractivity (Wildman–Crippen MR) is 188 cm³/mol. The number of β-lactam (4-membered cyclic amide) rings is 1. The number of amides is 2. The molecule has 3 N–H and O–H groups in total. The lowest BCUT2D eigenvalue weighted by Crippen LogP contribution is -2.71. The molecule has 2 atom stereocenters. The number of hydrazone groups is 1. The highest BCUT2D eigenvalue weighted by Crippen LogP contribution is 2.40. The minimum absolute atomic E-state index is 0.140. The van der Waals surface area contributed by atoms with Crippen molar-refractivity contribution in [3.05, 3.63) is 87.0 Å². The number of carboxylic acid groups (broad SMARTS) is 1. The van der Waals surface area contributed by atoms with E-state index in [2.05, 4.69) is 20.6 Å². The number of aromatic nitrogens is 3. The van der Waals surface area contributed by atoms with Crippen molar-refractivity contribution < 1.29 is 33.3 Å². The van der Waals surface area contributed by atoms with Gasteiger partial charge in [0.1, 0.15) is 35.6 Å². The minimum atomic E-state index is -1.50. The summed E-state index contributed by atoms with van der Waals surface area (Å²) >= 11 is 8.99. The number of carbonyl (C=O) groups is 3. The van der Waals surface area contributed by atoms with Crippen molar-refractivity contribution in [1.82, 2.24) is 24.8 Å². The summed E-state index contributed by atoms with van der Waals surface area (Å²) in [4.78, 5) is 48.9. The molecular formula is C33H31ClFN9O5S2. The number of hydrogen-bond acceptors (Lipinski definition) is 12. The van der Waals surface area contributed by atoms with Crippen LogP contribution < -0.4 is 20.7 Å². The normalized spacial score (nSPS) is 19.2. The zero-order chi connectivity index (χ0) is 35.8. The number of oxime groups is 1. The van der Waals surface area contributed by atoms with Crippen LogP contribution in [0.15, 0.2) is 69.6 Å². The molecule has 4 aromatic rings. The topological polar surface area (TPSA) is 174 Å². The third-order valence-corrected chi connectivity index (χ3v) is 11.2. The SMILES string of the molecule is CO/N=C(\C(=O)N[C@@H]1C(=O)N2C(C(=O)[O-])=C(C[n+]3cccc4c3ccn4Cc3c(F)cc(C=NN4CCCC4)cc3Cl)CS[C@H]12)c1csc(N)n1.